The van der Waals surface area contributed by atoms with Gasteiger partial charge in [0.25, 0.3) is 0 Å². The number of hydrogen-bond acceptors (Lipinski definition) is 14. The van der Waals surface area contributed by atoms with E-state index in [1.54, 1.807) is 68.6 Å². The highest BCUT2D eigenvalue weighted by molar-refractivity contribution is 7.80. The molecule has 1 heterocycles. The van der Waals surface area contributed by atoms with E-state index < -0.39 is 157 Å². The smallest absolute Gasteiger partial charge is 0.326 e. The lowest BCUT2D eigenvalue weighted by atomic mass is 9.96. The Balaban J connectivity index is 1.86. The molecule has 76 heavy (non-hydrogen) atoms. The van der Waals surface area contributed by atoms with Crippen LogP contribution >= 0.6 is 12.6 Å². The molecule has 26 heteroatoms. The quantitative estimate of drug-likeness (QED) is 0.0260. The lowest BCUT2D eigenvalue weighted by Crippen LogP contribution is -2.61. The summed E-state index contributed by atoms with van der Waals surface area (Å²) in [4.78, 5) is 147. The van der Waals surface area contributed by atoms with Gasteiger partial charge in [0.2, 0.25) is 41.4 Å². The molecule has 0 aliphatic rings. The van der Waals surface area contributed by atoms with Crippen molar-refractivity contribution < 1.29 is 73.2 Å². The minimum atomic E-state index is -1.72. The summed E-state index contributed by atoms with van der Waals surface area (Å²) in [6.07, 6.45) is -0.697. The molecular weight excluding hydrogens is 1010 g/mol. The predicted molar refractivity (Wildman–Crippen MR) is 278 cm³/mol. The van der Waals surface area contributed by atoms with E-state index in [1.165, 1.54) is 0 Å². The summed E-state index contributed by atoms with van der Waals surface area (Å²) in [6, 6.07) is 3.68. The Hall–Kier alpha value is -7.58. The van der Waals surface area contributed by atoms with Crippen LogP contribution in [0.4, 0.5) is 0 Å². The molecule has 0 aliphatic carbocycles. The number of aromatic amines is 1. The van der Waals surface area contributed by atoms with Crippen molar-refractivity contribution in [1.82, 2.24) is 42.2 Å². The van der Waals surface area contributed by atoms with Crippen LogP contribution in [0, 0.1) is 5.92 Å². The number of H-pyrrole nitrogens is 1. The van der Waals surface area contributed by atoms with Crippen molar-refractivity contribution in [3.8, 4) is 0 Å². The fraction of sp³-hybridized carbons (Fsp3) is 0.500. The first-order valence-corrected chi connectivity index (χ1v) is 25.4. The summed E-state index contributed by atoms with van der Waals surface area (Å²) < 4.78 is 0. The Kier molecular flexibility index (Phi) is 26.4. The first-order chi connectivity index (χ1) is 36.1. The third-order valence-corrected chi connectivity index (χ3v) is 12.7. The second-order valence-corrected chi connectivity index (χ2v) is 18.6. The van der Waals surface area contributed by atoms with Gasteiger partial charge < -0.3 is 74.1 Å². The second-order valence-electron chi connectivity index (χ2n) is 18.2. The summed E-state index contributed by atoms with van der Waals surface area (Å²) in [5, 5.41) is 56.1. The van der Waals surface area contributed by atoms with E-state index in [4.69, 9.17) is 16.6 Å². The number of fused-ring (bicyclic) bond motifs is 1. The molecule has 0 unspecified atom stereocenters. The van der Waals surface area contributed by atoms with Crippen LogP contribution < -0.4 is 48.7 Å². The predicted octanol–water partition coefficient (Wildman–Crippen LogP) is -0.542. The van der Waals surface area contributed by atoms with E-state index in [1.807, 2.05) is 6.07 Å². The highest BCUT2D eigenvalue weighted by Crippen LogP contribution is 2.20. The summed E-state index contributed by atoms with van der Waals surface area (Å²) >= 11 is 4.22. The molecule has 416 valence electrons. The lowest BCUT2D eigenvalue weighted by molar-refractivity contribution is -0.143. The van der Waals surface area contributed by atoms with Crippen LogP contribution in [0.25, 0.3) is 10.9 Å². The number of amides is 7. The second kappa shape index (κ2) is 32.0. The van der Waals surface area contributed by atoms with Gasteiger partial charge in [0.1, 0.15) is 42.3 Å². The van der Waals surface area contributed by atoms with Crippen LogP contribution in [-0.2, 0) is 65.6 Å². The Morgan fingerprint density at radius 1 is 0.553 bits per heavy atom. The normalized spacial score (nSPS) is 14.6. The molecule has 0 saturated carbocycles. The number of aliphatic carboxylic acids is 4. The van der Waals surface area contributed by atoms with E-state index in [-0.39, 0.29) is 32.2 Å². The molecule has 3 rings (SSSR count). The average Bonchev–Trinajstić information content (AvgIpc) is 3.79. The summed E-state index contributed by atoms with van der Waals surface area (Å²) in [5.41, 5.74) is 13.6. The number of carboxylic acids is 4. The monoisotopic (exact) mass is 1080 g/mol. The van der Waals surface area contributed by atoms with Crippen LogP contribution in [0.2, 0.25) is 0 Å². The number of aromatic nitrogens is 1. The zero-order valence-corrected chi connectivity index (χ0v) is 43.1. The highest BCUT2D eigenvalue weighted by Gasteiger charge is 2.36. The third kappa shape index (κ3) is 21.0. The maximum Gasteiger partial charge on any atom is 0.326 e. The average molecular weight is 1080 g/mol. The number of hydrogen-bond donors (Lipinski definition) is 15. The van der Waals surface area contributed by atoms with Crippen molar-refractivity contribution >= 4 is 88.8 Å². The van der Waals surface area contributed by atoms with Gasteiger partial charge >= 0.3 is 23.9 Å². The minimum absolute atomic E-state index is 0.0259. The van der Waals surface area contributed by atoms with Crippen molar-refractivity contribution in [2.24, 2.45) is 17.4 Å². The molecule has 25 nitrogen and oxygen atoms in total. The number of para-hydroxylation sites is 1. The van der Waals surface area contributed by atoms with Gasteiger partial charge in [0.05, 0.1) is 6.04 Å². The number of benzene rings is 2. The molecule has 0 fully saturated rings. The van der Waals surface area contributed by atoms with E-state index in [0.29, 0.717) is 30.4 Å². The topological polar surface area (TPSA) is 421 Å². The van der Waals surface area contributed by atoms with Crippen LogP contribution in [0.1, 0.15) is 89.2 Å². The van der Waals surface area contributed by atoms with Gasteiger partial charge in [0.15, 0.2) is 0 Å². The fourth-order valence-corrected chi connectivity index (χ4v) is 8.06. The van der Waals surface area contributed by atoms with E-state index in [0.717, 1.165) is 10.9 Å². The highest BCUT2D eigenvalue weighted by atomic mass is 32.1. The summed E-state index contributed by atoms with van der Waals surface area (Å²) in [5.74, 6) is -13.0. The molecule has 9 atom stereocenters. The van der Waals surface area contributed by atoms with Gasteiger partial charge in [-0.3, -0.25) is 47.9 Å². The molecule has 0 bridgehead atoms. The van der Waals surface area contributed by atoms with E-state index in [2.05, 4.69) is 54.8 Å². The molecule has 16 N–H and O–H groups in total. The summed E-state index contributed by atoms with van der Waals surface area (Å²) in [7, 11) is 0. The van der Waals surface area contributed by atoms with Crippen molar-refractivity contribution in [3.63, 3.8) is 0 Å². The molecule has 0 saturated heterocycles. The van der Waals surface area contributed by atoms with Gasteiger partial charge in [-0.1, -0.05) is 68.8 Å². The van der Waals surface area contributed by atoms with Gasteiger partial charge in [-0.25, -0.2) is 4.79 Å². The maximum atomic E-state index is 14.3. The number of carboxylic acid groups (broad SMARTS) is 4. The first-order valence-electron chi connectivity index (χ1n) is 24.7. The van der Waals surface area contributed by atoms with Crippen LogP contribution in [0.3, 0.4) is 0 Å². The van der Waals surface area contributed by atoms with Gasteiger partial charge in [-0.15, -0.1) is 0 Å². The molecule has 0 spiro atoms. The molecule has 0 aliphatic heterocycles. The molecule has 7 amide bonds. The zero-order chi connectivity index (χ0) is 56.5. The number of nitrogens with two attached hydrogens (primary N) is 2. The van der Waals surface area contributed by atoms with Crippen molar-refractivity contribution in [2.45, 2.75) is 139 Å². The molecule has 0 radical (unpaired) electrons. The molecule has 3 aromatic rings. The molecular formula is C50H70N10O15S. The number of unbranched alkanes of at least 4 members (excludes halogenated alkanes) is 1. The number of nitrogens with one attached hydrogen (secondary N) is 8. The van der Waals surface area contributed by atoms with Crippen molar-refractivity contribution in [2.75, 3.05) is 12.3 Å². The van der Waals surface area contributed by atoms with Gasteiger partial charge in [-0.05, 0) is 68.2 Å². The van der Waals surface area contributed by atoms with Crippen LogP contribution in [-0.4, -0.2) is 151 Å². The third-order valence-electron chi connectivity index (χ3n) is 12.4. The van der Waals surface area contributed by atoms with Gasteiger partial charge in [-0.2, -0.15) is 12.6 Å². The van der Waals surface area contributed by atoms with E-state index >= 15 is 0 Å². The van der Waals surface area contributed by atoms with Crippen LogP contribution in [0.5, 0.6) is 0 Å². The Bertz CT molecular complexity index is 2490. The van der Waals surface area contributed by atoms with Crippen molar-refractivity contribution in [1.29, 1.82) is 0 Å². The SMILES string of the molecule is CC[C@H](C)[C@H](NC(=O)[C@H](Cc1c[nH]c2ccccc12)NC(=O)[C@@H](N)CCC(=O)O)C(=O)N[C@@H](CCCCN)C(=O)N[C@@H](CS)C(=O)N[C@@H](CCC(=O)O)C(=O)N[C@@H](CCC(=O)O)C(=O)N[C@@H](Cc1ccccc1)C(=O)O. The van der Waals surface area contributed by atoms with Crippen molar-refractivity contribution in [3.05, 3.63) is 71.9 Å². The largest absolute Gasteiger partial charge is 0.481 e. The number of carbonyl (C=O) groups is 11. The maximum absolute atomic E-state index is 14.3. The fourth-order valence-electron chi connectivity index (χ4n) is 7.80. The lowest BCUT2D eigenvalue weighted by Gasteiger charge is -2.29. The first kappa shape index (κ1) is 62.7. The summed E-state index contributed by atoms with van der Waals surface area (Å²) in [6.45, 7) is 3.63. The number of thiol groups is 1. The molecule has 1 aromatic heterocycles. The zero-order valence-electron chi connectivity index (χ0n) is 42.3. The Labute approximate surface area is 443 Å². The van der Waals surface area contributed by atoms with E-state index in [9.17, 15) is 68.1 Å². The number of carbonyl (C=O) groups excluding carboxylic acids is 7. The minimum Gasteiger partial charge on any atom is -0.481 e. The Morgan fingerprint density at radius 2 is 1.03 bits per heavy atom. The Morgan fingerprint density at radius 3 is 1.57 bits per heavy atom. The number of rotatable bonds is 35. The molecule has 2 aromatic carbocycles. The van der Waals surface area contributed by atoms with Gasteiger partial charge in [0, 0.05) is 55.0 Å². The standard InChI is InChI=1S/C50H70N10O15S/c1-3-27(2)42(60-47(71)36(57-43(67)31(52)16-19-39(61)62)24-29-25-53-32-14-8-7-13-30(29)32)49(73)56-33(15-9-10-22-51)44(68)59-38(26-76)48(72)55-34(17-20-40(63)64)45(69)54-35(18-21-41(65)66)46(70)58-37(50(74)75)23-28-11-5-4-6-12-28/h4-8,11-14,25,27,31,33-38,42,53,76H,3,9-10,15-24,26,51-52H2,1-2H3,(H,54,69)(H,55,72)(H,56,73)(H,57,67)(H,58,70)(H,59,68)(H,60,71)(H,61,62)(H,63,64)(H,65,66)(H,74,75)/t27-,31-,33-,34-,35-,36-,37-,38-,42-/m0/s1. The van der Waals surface area contributed by atoms with Crippen LogP contribution in [0.15, 0.2) is 60.8 Å².